The average molecular weight is 269 g/mol. The molecule has 2 unspecified atom stereocenters. The minimum atomic E-state index is 0.390. The van der Waals surface area contributed by atoms with Crippen molar-refractivity contribution in [3.63, 3.8) is 0 Å². The molecule has 2 N–H and O–H groups in total. The molecule has 0 amide bonds. The molecule has 0 aromatic carbocycles. The fourth-order valence-corrected chi connectivity index (χ4v) is 3.33. The molecule has 102 valence electrons. The van der Waals surface area contributed by atoms with E-state index in [4.69, 9.17) is 10.3 Å². The molecule has 2 rings (SSSR count). The van der Waals surface area contributed by atoms with E-state index in [1.54, 1.807) is 0 Å². The molecular formula is C13H23N3OS. The molecule has 0 spiro atoms. The van der Waals surface area contributed by atoms with Gasteiger partial charge < -0.3 is 10.3 Å². The molecule has 4 nitrogen and oxygen atoms in total. The molecule has 18 heavy (non-hydrogen) atoms. The smallest absolute Gasteiger partial charge is 0.230 e. The van der Waals surface area contributed by atoms with E-state index in [2.05, 4.69) is 17.1 Å². The van der Waals surface area contributed by atoms with E-state index in [0.29, 0.717) is 11.8 Å². The van der Waals surface area contributed by atoms with Gasteiger partial charge in [0.2, 0.25) is 5.89 Å². The summed E-state index contributed by atoms with van der Waals surface area (Å²) < 4.78 is 5.44. The standard InChI is InChI=1S/C13H23N3OS/c1-2-7-18-9-12-15-13(17-16-12)11-6-4-3-5-10(11)8-14/h10-11H,2-9,14H2,1H3. The second-order valence-corrected chi connectivity index (χ2v) is 6.09. The van der Waals surface area contributed by atoms with E-state index in [9.17, 15) is 0 Å². The van der Waals surface area contributed by atoms with Crippen LogP contribution in [-0.4, -0.2) is 22.4 Å². The molecule has 1 aliphatic rings. The Bertz CT molecular complexity index is 356. The summed E-state index contributed by atoms with van der Waals surface area (Å²) in [6, 6.07) is 0. The minimum absolute atomic E-state index is 0.390. The van der Waals surface area contributed by atoms with E-state index < -0.39 is 0 Å². The largest absolute Gasteiger partial charge is 0.339 e. The first kappa shape index (κ1) is 13.9. The van der Waals surface area contributed by atoms with Gasteiger partial charge in [-0.3, -0.25) is 0 Å². The normalized spacial score (nSPS) is 24.3. The molecule has 0 radical (unpaired) electrons. The van der Waals surface area contributed by atoms with Crippen LogP contribution < -0.4 is 5.73 Å². The summed E-state index contributed by atoms with van der Waals surface area (Å²) >= 11 is 1.86. The van der Waals surface area contributed by atoms with Crippen molar-refractivity contribution in [2.45, 2.75) is 50.7 Å². The van der Waals surface area contributed by atoms with Crippen LogP contribution in [-0.2, 0) is 5.75 Å². The fraction of sp³-hybridized carbons (Fsp3) is 0.846. The summed E-state index contributed by atoms with van der Waals surface area (Å²) in [5.41, 5.74) is 5.84. The highest BCUT2D eigenvalue weighted by atomic mass is 32.2. The summed E-state index contributed by atoms with van der Waals surface area (Å²) in [4.78, 5) is 4.55. The third kappa shape index (κ3) is 3.48. The van der Waals surface area contributed by atoms with Gasteiger partial charge >= 0.3 is 0 Å². The van der Waals surface area contributed by atoms with Gasteiger partial charge in [-0.1, -0.05) is 24.9 Å². The van der Waals surface area contributed by atoms with Crippen LogP contribution in [0.15, 0.2) is 4.52 Å². The van der Waals surface area contributed by atoms with Gasteiger partial charge in [0.25, 0.3) is 0 Å². The van der Waals surface area contributed by atoms with E-state index in [-0.39, 0.29) is 0 Å². The Morgan fingerprint density at radius 3 is 3.00 bits per heavy atom. The van der Waals surface area contributed by atoms with Crippen molar-refractivity contribution in [3.05, 3.63) is 11.7 Å². The Labute approximate surface area is 113 Å². The van der Waals surface area contributed by atoms with Crippen LogP contribution in [0.3, 0.4) is 0 Å². The van der Waals surface area contributed by atoms with Crippen LogP contribution in [0.25, 0.3) is 0 Å². The summed E-state index contributed by atoms with van der Waals surface area (Å²) in [6.45, 7) is 2.91. The number of nitrogens with zero attached hydrogens (tertiary/aromatic N) is 2. The molecule has 2 atom stereocenters. The van der Waals surface area contributed by atoms with Gasteiger partial charge in [0.1, 0.15) is 0 Å². The first-order valence-corrected chi connectivity index (χ1v) is 8.11. The predicted molar refractivity (Wildman–Crippen MR) is 74.5 cm³/mol. The number of nitrogens with two attached hydrogens (primary N) is 1. The van der Waals surface area contributed by atoms with Crippen molar-refractivity contribution in [3.8, 4) is 0 Å². The van der Waals surface area contributed by atoms with Crippen molar-refractivity contribution >= 4 is 11.8 Å². The lowest BCUT2D eigenvalue weighted by Gasteiger charge is -2.27. The van der Waals surface area contributed by atoms with E-state index in [0.717, 1.165) is 36.2 Å². The monoisotopic (exact) mass is 269 g/mol. The van der Waals surface area contributed by atoms with Gasteiger partial charge in [-0.05, 0) is 37.5 Å². The van der Waals surface area contributed by atoms with Crippen LogP contribution in [0.4, 0.5) is 0 Å². The zero-order valence-electron chi connectivity index (χ0n) is 11.1. The van der Waals surface area contributed by atoms with Crippen molar-refractivity contribution < 1.29 is 4.52 Å². The topological polar surface area (TPSA) is 64.9 Å². The zero-order chi connectivity index (χ0) is 12.8. The van der Waals surface area contributed by atoms with Crippen LogP contribution in [0, 0.1) is 5.92 Å². The first-order chi connectivity index (χ1) is 8.85. The number of rotatable bonds is 6. The number of aromatic nitrogens is 2. The molecule has 1 aromatic heterocycles. The third-order valence-corrected chi connectivity index (χ3v) is 4.75. The lowest BCUT2D eigenvalue weighted by atomic mass is 9.79. The maximum atomic E-state index is 5.84. The molecule has 1 aromatic rings. The van der Waals surface area contributed by atoms with Gasteiger partial charge in [0, 0.05) is 5.92 Å². The lowest BCUT2D eigenvalue weighted by Crippen LogP contribution is -2.25. The van der Waals surface area contributed by atoms with Crippen LogP contribution >= 0.6 is 11.8 Å². The summed E-state index contributed by atoms with van der Waals surface area (Å²) in [5, 5.41) is 4.08. The van der Waals surface area contributed by atoms with E-state index >= 15 is 0 Å². The molecule has 1 heterocycles. The number of thioether (sulfide) groups is 1. The fourth-order valence-electron chi connectivity index (χ4n) is 2.60. The molecule has 5 heteroatoms. The van der Waals surface area contributed by atoms with Gasteiger partial charge in [-0.2, -0.15) is 16.7 Å². The molecule has 0 aliphatic heterocycles. The molecule has 1 fully saturated rings. The van der Waals surface area contributed by atoms with Gasteiger partial charge in [-0.15, -0.1) is 0 Å². The third-order valence-electron chi connectivity index (χ3n) is 3.59. The highest BCUT2D eigenvalue weighted by molar-refractivity contribution is 7.98. The zero-order valence-corrected chi connectivity index (χ0v) is 11.9. The van der Waals surface area contributed by atoms with Crippen LogP contribution in [0.5, 0.6) is 0 Å². The van der Waals surface area contributed by atoms with E-state index in [1.807, 2.05) is 11.8 Å². The highest BCUT2D eigenvalue weighted by Crippen LogP contribution is 2.36. The average Bonchev–Trinajstić information content (AvgIpc) is 2.88. The molecule has 1 aliphatic carbocycles. The quantitative estimate of drug-likeness (QED) is 0.804. The van der Waals surface area contributed by atoms with E-state index in [1.165, 1.54) is 25.7 Å². The van der Waals surface area contributed by atoms with Crippen molar-refractivity contribution in [2.75, 3.05) is 12.3 Å². The van der Waals surface area contributed by atoms with Crippen molar-refractivity contribution in [1.29, 1.82) is 0 Å². The second kappa shape index (κ2) is 7.14. The van der Waals surface area contributed by atoms with Gasteiger partial charge in [0.15, 0.2) is 5.82 Å². The Morgan fingerprint density at radius 1 is 1.39 bits per heavy atom. The minimum Gasteiger partial charge on any atom is -0.339 e. The summed E-state index contributed by atoms with van der Waals surface area (Å²) in [5.74, 6) is 4.58. The summed E-state index contributed by atoms with van der Waals surface area (Å²) in [6.07, 6.45) is 6.07. The Balaban J connectivity index is 1.95. The summed E-state index contributed by atoms with van der Waals surface area (Å²) in [7, 11) is 0. The Kier molecular flexibility index (Phi) is 5.50. The van der Waals surface area contributed by atoms with Crippen LogP contribution in [0.2, 0.25) is 0 Å². The number of hydrogen-bond acceptors (Lipinski definition) is 5. The second-order valence-electron chi connectivity index (χ2n) is 4.99. The molecule has 0 saturated heterocycles. The van der Waals surface area contributed by atoms with Crippen molar-refractivity contribution in [2.24, 2.45) is 11.7 Å². The maximum Gasteiger partial charge on any atom is 0.230 e. The number of hydrogen-bond donors (Lipinski definition) is 1. The predicted octanol–water partition coefficient (Wildman–Crippen LogP) is 2.95. The van der Waals surface area contributed by atoms with Gasteiger partial charge in [-0.25, -0.2) is 0 Å². The maximum absolute atomic E-state index is 5.84. The van der Waals surface area contributed by atoms with Crippen LogP contribution in [0.1, 0.15) is 56.7 Å². The first-order valence-electron chi connectivity index (χ1n) is 6.95. The molecule has 0 bridgehead atoms. The van der Waals surface area contributed by atoms with Crippen molar-refractivity contribution in [1.82, 2.24) is 10.1 Å². The molecular weight excluding hydrogens is 246 g/mol. The Morgan fingerprint density at radius 2 is 2.22 bits per heavy atom. The Hall–Kier alpha value is -0.550. The van der Waals surface area contributed by atoms with Gasteiger partial charge in [0.05, 0.1) is 5.75 Å². The SMILES string of the molecule is CCCSCc1noc(C2CCCCC2CN)n1. The highest BCUT2D eigenvalue weighted by Gasteiger charge is 2.29. The molecule has 1 saturated carbocycles. The lowest BCUT2D eigenvalue weighted by molar-refractivity contribution is 0.249.